The zero-order chi connectivity index (χ0) is 12.8. The quantitative estimate of drug-likeness (QED) is 0.765. The van der Waals surface area contributed by atoms with E-state index in [1.165, 1.54) is 0 Å². The molecule has 1 aromatic heterocycles. The first-order valence-electron chi connectivity index (χ1n) is 6.01. The van der Waals surface area contributed by atoms with Gasteiger partial charge < -0.3 is 11.1 Å². The standard InChI is InChI=1S/C12H22N4O/c1-9(2)6-11(13)12(17)14-4-5-16-8-10(3)7-15-16/h7-9,11H,4-6,13H2,1-3H3,(H,14,17). The Hall–Kier alpha value is -1.36. The number of carbonyl (C=O) groups is 1. The Kier molecular flexibility index (Phi) is 5.15. The van der Waals surface area contributed by atoms with Crippen LogP contribution in [0.25, 0.3) is 0 Å². The molecule has 0 aliphatic carbocycles. The van der Waals surface area contributed by atoms with Gasteiger partial charge in [0.15, 0.2) is 0 Å². The van der Waals surface area contributed by atoms with Gasteiger partial charge in [0, 0.05) is 12.7 Å². The van der Waals surface area contributed by atoms with E-state index in [1.54, 1.807) is 6.20 Å². The lowest BCUT2D eigenvalue weighted by Gasteiger charge is -2.14. The summed E-state index contributed by atoms with van der Waals surface area (Å²) in [5, 5.41) is 6.96. The molecule has 5 nitrogen and oxygen atoms in total. The van der Waals surface area contributed by atoms with Crippen LogP contribution in [0.2, 0.25) is 0 Å². The lowest BCUT2D eigenvalue weighted by molar-refractivity contribution is -0.122. The minimum absolute atomic E-state index is 0.0809. The van der Waals surface area contributed by atoms with Gasteiger partial charge >= 0.3 is 0 Å². The van der Waals surface area contributed by atoms with Crippen LogP contribution in [-0.4, -0.2) is 28.3 Å². The molecule has 17 heavy (non-hydrogen) atoms. The third-order valence-electron chi connectivity index (χ3n) is 2.46. The fourth-order valence-electron chi connectivity index (χ4n) is 1.63. The van der Waals surface area contributed by atoms with Gasteiger partial charge in [-0.1, -0.05) is 13.8 Å². The van der Waals surface area contributed by atoms with Gasteiger partial charge in [-0.25, -0.2) is 0 Å². The number of carbonyl (C=O) groups excluding carboxylic acids is 1. The largest absolute Gasteiger partial charge is 0.353 e. The van der Waals surface area contributed by atoms with Gasteiger partial charge in [0.05, 0.1) is 18.8 Å². The molecule has 1 atom stereocenters. The number of aromatic nitrogens is 2. The molecule has 1 amide bonds. The average Bonchev–Trinajstić information content (AvgIpc) is 2.63. The Morgan fingerprint density at radius 1 is 1.59 bits per heavy atom. The molecular formula is C12H22N4O. The summed E-state index contributed by atoms with van der Waals surface area (Å²) in [6.07, 6.45) is 4.46. The van der Waals surface area contributed by atoms with Crippen molar-refractivity contribution in [2.75, 3.05) is 6.54 Å². The molecule has 0 aliphatic heterocycles. The van der Waals surface area contributed by atoms with Crippen LogP contribution in [0.3, 0.4) is 0 Å². The number of amides is 1. The molecule has 1 unspecified atom stereocenters. The monoisotopic (exact) mass is 238 g/mol. The van der Waals surface area contributed by atoms with Crippen molar-refractivity contribution in [3.63, 3.8) is 0 Å². The molecule has 1 rings (SSSR count). The van der Waals surface area contributed by atoms with Crippen LogP contribution in [0.15, 0.2) is 12.4 Å². The topological polar surface area (TPSA) is 72.9 Å². The number of aryl methyl sites for hydroxylation is 1. The number of hydrogen-bond donors (Lipinski definition) is 2. The van der Waals surface area contributed by atoms with E-state index in [-0.39, 0.29) is 5.91 Å². The van der Waals surface area contributed by atoms with Crippen LogP contribution in [0.1, 0.15) is 25.8 Å². The fourth-order valence-corrected chi connectivity index (χ4v) is 1.63. The van der Waals surface area contributed by atoms with E-state index in [2.05, 4.69) is 24.3 Å². The first-order chi connectivity index (χ1) is 7.99. The molecule has 3 N–H and O–H groups in total. The van der Waals surface area contributed by atoms with Gasteiger partial charge in [-0.15, -0.1) is 0 Å². The Morgan fingerprint density at radius 3 is 2.82 bits per heavy atom. The minimum atomic E-state index is -0.408. The zero-order valence-corrected chi connectivity index (χ0v) is 10.8. The van der Waals surface area contributed by atoms with Gasteiger partial charge in [-0.05, 0) is 24.8 Å². The summed E-state index contributed by atoms with van der Waals surface area (Å²) >= 11 is 0. The predicted octanol–water partition coefficient (Wildman–Crippen LogP) is 0.681. The smallest absolute Gasteiger partial charge is 0.236 e. The predicted molar refractivity (Wildman–Crippen MR) is 67.4 cm³/mol. The molecule has 1 aromatic rings. The molecule has 0 bridgehead atoms. The molecule has 0 fully saturated rings. The summed E-state index contributed by atoms with van der Waals surface area (Å²) in [4.78, 5) is 11.6. The van der Waals surface area contributed by atoms with E-state index >= 15 is 0 Å². The number of nitrogens with two attached hydrogens (primary N) is 1. The van der Waals surface area contributed by atoms with Crippen LogP contribution < -0.4 is 11.1 Å². The molecule has 96 valence electrons. The first-order valence-corrected chi connectivity index (χ1v) is 6.01. The number of rotatable bonds is 6. The summed E-state index contributed by atoms with van der Waals surface area (Å²) in [7, 11) is 0. The van der Waals surface area contributed by atoms with Crippen LogP contribution in [0.5, 0.6) is 0 Å². The van der Waals surface area contributed by atoms with Crippen molar-refractivity contribution in [2.45, 2.75) is 39.8 Å². The van der Waals surface area contributed by atoms with E-state index in [1.807, 2.05) is 17.8 Å². The molecular weight excluding hydrogens is 216 g/mol. The van der Waals surface area contributed by atoms with Crippen molar-refractivity contribution in [3.05, 3.63) is 18.0 Å². The number of nitrogens with zero attached hydrogens (tertiary/aromatic N) is 2. The second kappa shape index (κ2) is 6.39. The van der Waals surface area contributed by atoms with Crippen LogP contribution >= 0.6 is 0 Å². The molecule has 0 aromatic carbocycles. The van der Waals surface area contributed by atoms with Gasteiger partial charge in [-0.2, -0.15) is 5.10 Å². The van der Waals surface area contributed by atoms with Crippen LogP contribution in [-0.2, 0) is 11.3 Å². The molecule has 0 saturated heterocycles. The fraction of sp³-hybridized carbons (Fsp3) is 0.667. The SMILES string of the molecule is Cc1cnn(CCNC(=O)C(N)CC(C)C)c1. The number of nitrogens with one attached hydrogen (secondary N) is 1. The third kappa shape index (κ3) is 4.99. The van der Waals surface area contributed by atoms with Crippen LogP contribution in [0, 0.1) is 12.8 Å². The highest BCUT2D eigenvalue weighted by Gasteiger charge is 2.13. The summed E-state index contributed by atoms with van der Waals surface area (Å²) < 4.78 is 1.81. The van der Waals surface area contributed by atoms with E-state index in [0.717, 1.165) is 5.56 Å². The second-order valence-electron chi connectivity index (χ2n) is 4.81. The van der Waals surface area contributed by atoms with Gasteiger partial charge in [0.1, 0.15) is 0 Å². The molecule has 0 spiro atoms. The summed E-state index contributed by atoms with van der Waals surface area (Å²) in [5.41, 5.74) is 6.89. The van der Waals surface area contributed by atoms with Crippen molar-refractivity contribution in [1.82, 2.24) is 15.1 Å². The van der Waals surface area contributed by atoms with Crippen molar-refractivity contribution >= 4 is 5.91 Å². The maximum Gasteiger partial charge on any atom is 0.236 e. The summed E-state index contributed by atoms with van der Waals surface area (Å²) in [6.45, 7) is 7.33. The first kappa shape index (κ1) is 13.7. The van der Waals surface area contributed by atoms with Crippen LogP contribution in [0.4, 0.5) is 0 Å². The summed E-state index contributed by atoms with van der Waals surface area (Å²) in [6, 6.07) is -0.408. The Bertz CT molecular complexity index is 359. The van der Waals surface area contributed by atoms with Gasteiger partial charge in [0.25, 0.3) is 0 Å². The van der Waals surface area contributed by atoms with Gasteiger partial charge in [-0.3, -0.25) is 9.48 Å². The van der Waals surface area contributed by atoms with Gasteiger partial charge in [0.2, 0.25) is 5.91 Å². The van der Waals surface area contributed by atoms with E-state index in [4.69, 9.17) is 5.73 Å². The Labute approximate surface area is 102 Å². The molecule has 0 radical (unpaired) electrons. The average molecular weight is 238 g/mol. The van der Waals surface area contributed by atoms with Crippen molar-refractivity contribution in [3.8, 4) is 0 Å². The second-order valence-corrected chi connectivity index (χ2v) is 4.81. The lowest BCUT2D eigenvalue weighted by atomic mass is 10.0. The highest BCUT2D eigenvalue weighted by molar-refractivity contribution is 5.81. The van der Waals surface area contributed by atoms with Crippen molar-refractivity contribution in [2.24, 2.45) is 11.7 Å². The molecule has 5 heteroatoms. The maximum atomic E-state index is 11.6. The highest BCUT2D eigenvalue weighted by Crippen LogP contribution is 2.02. The third-order valence-corrected chi connectivity index (χ3v) is 2.46. The molecule has 0 saturated carbocycles. The Morgan fingerprint density at radius 2 is 2.29 bits per heavy atom. The van der Waals surface area contributed by atoms with E-state index < -0.39 is 6.04 Å². The molecule has 1 heterocycles. The normalized spacial score (nSPS) is 12.8. The van der Waals surface area contributed by atoms with Crippen molar-refractivity contribution < 1.29 is 4.79 Å². The highest BCUT2D eigenvalue weighted by atomic mass is 16.2. The summed E-state index contributed by atoms with van der Waals surface area (Å²) in [5.74, 6) is 0.354. The van der Waals surface area contributed by atoms with E-state index in [9.17, 15) is 4.79 Å². The minimum Gasteiger partial charge on any atom is -0.353 e. The Balaban J connectivity index is 2.24. The molecule has 0 aliphatic rings. The van der Waals surface area contributed by atoms with E-state index in [0.29, 0.717) is 25.4 Å². The zero-order valence-electron chi connectivity index (χ0n) is 10.8. The lowest BCUT2D eigenvalue weighted by Crippen LogP contribution is -2.42. The van der Waals surface area contributed by atoms with Crippen molar-refractivity contribution in [1.29, 1.82) is 0 Å². The number of hydrogen-bond acceptors (Lipinski definition) is 3. The maximum absolute atomic E-state index is 11.6.